The first-order valence-corrected chi connectivity index (χ1v) is 13.7. The monoisotopic (exact) mass is 488 g/mol. The minimum atomic E-state index is -3.61. The average Bonchev–Trinajstić information content (AvgIpc) is 3.14. The molecule has 0 aliphatic carbocycles. The first kappa shape index (κ1) is 25.4. The van der Waals surface area contributed by atoms with Gasteiger partial charge in [-0.2, -0.15) is 9.57 Å². The number of sulfonamides is 1. The molecule has 1 aromatic carbocycles. The number of carbonyl (C=O) groups excluding carboxylic acids is 1. The maximum absolute atomic E-state index is 13.1. The molecule has 0 saturated heterocycles. The highest BCUT2D eigenvalue weighted by Crippen LogP contribution is 2.36. The molecule has 1 amide bonds. The van der Waals surface area contributed by atoms with E-state index in [1.165, 1.54) is 35.6 Å². The van der Waals surface area contributed by atoms with E-state index in [-0.39, 0.29) is 10.8 Å². The summed E-state index contributed by atoms with van der Waals surface area (Å²) in [6.45, 7) is 6.72. The minimum Gasteiger partial charge on any atom is -0.312 e. The zero-order valence-electron chi connectivity index (χ0n) is 19.6. The van der Waals surface area contributed by atoms with Crippen molar-refractivity contribution < 1.29 is 13.2 Å². The zero-order valence-corrected chi connectivity index (χ0v) is 21.2. The van der Waals surface area contributed by atoms with E-state index in [4.69, 9.17) is 0 Å². The topological polar surface area (TPSA) is 93.5 Å². The third-order valence-electron chi connectivity index (χ3n) is 5.86. The Kier molecular flexibility index (Phi) is 8.65. The van der Waals surface area contributed by atoms with E-state index in [1.54, 1.807) is 4.31 Å². The van der Waals surface area contributed by atoms with Crippen LogP contribution in [0.2, 0.25) is 0 Å². The van der Waals surface area contributed by atoms with Gasteiger partial charge in [-0.05, 0) is 56.1 Å². The molecule has 0 radical (unpaired) electrons. The number of fused-ring (bicyclic) bond motifs is 1. The summed E-state index contributed by atoms with van der Waals surface area (Å²) in [6.07, 6.45) is 4.26. The Morgan fingerprint density at radius 1 is 1.18 bits per heavy atom. The number of carbonyl (C=O) groups is 1. The molecule has 1 aliphatic rings. The lowest BCUT2D eigenvalue weighted by Gasteiger charge is -2.22. The van der Waals surface area contributed by atoms with E-state index in [0.29, 0.717) is 29.2 Å². The Morgan fingerprint density at radius 3 is 2.39 bits per heavy atom. The molecule has 0 bridgehead atoms. The predicted octanol–water partition coefficient (Wildman–Crippen LogP) is 4.45. The largest absolute Gasteiger partial charge is 0.312 e. The molecule has 0 spiro atoms. The Hall–Kier alpha value is -2.25. The molecule has 1 N–H and O–H groups in total. The molecule has 178 valence electrons. The number of hydrogen-bond donors (Lipinski definition) is 1. The number of amides is 1. The summed E-state index contributed by atoms with van der Waals surface area (Å²) in [5.41, 5.74) is 1.92. The fourth-order valence-corrected chi connectivity index (χ4v) is 6.65. The van der Waals surface area contributed by atoms with Crippen molar-refractivity contribution in [3.05, 3.63) is 45.8 Å². The number of nitrogens with one attached hydrogen (secondary N) is 1. The quantitative estimate of drug-likeness (QED) is 0.533. The van der Waals surface area contributed by atoms with E-state index < -0.39 is 10.0 Å². The summed E-state index contributed by atoms with van der Waals surface area (Å²) in [7, 11) is -1.57. The van der Waals surface area contributed by atoms with Gasteiger partial charge in [0.05, 0.1) is 10.5 Å². The van der Waals surface area contributed by atoms with Gasteiger partial charge >= 0.3 is 0 Å². The third-order valence-corrected chi connectivity index (χ3v) is 8.91. The first-order chi connectivity index (χ1) is 15.8. The summed E-state index contributed by atoms with van der Waals surface area (Å²) >= 11 is 1.44. The minimum absolute atomic E-state index is 0.193. The molecule has 1 aromatic heterocycles. The summed E-state index contributed by atoms with van der Waals surface area (Å²) < 4.78 is 27.8. The van der Waals surface area contributed by atoms with Gasteiger partial charge in [-0.1, -0.05) is 26.7 Å². The second-order valence-corrected chi connectivity index (χ2v) is 11.4. The first-order valence-electron chi connectivity index (χ1n) is 11.5. The number of nitrogens with zero attached hydrogens (tertiary/aromatic N) is 3. The maximum Gasteiger partial charge on any atom is 0.256 e. The van der Waals surface area contributed by atoms with Crippen LogP contribution in [-0.2, 0) is 23.0 Å². The van der Waals surface area contributed by atoms with Crippen molar-refractivity contribution in [1.29, 1.82) is 5.26 Å². The van der Waals surface area contributed by atoms with Crippen LogP contribution in [0.3, 0.4) is 0 Å². The van der Waals surface area contributed by atoms with Gasteiger partial charge in [0.2, 0.25) is 10.0 Å². The van der Waals surface area contributed by atoms with Crippen LogP contribution in [0, 0.1) is 11.3 Å². The van der Waals surface area contributed by atoms with Crippen molar-refractivity contribution in [1.82, 2.24) is 9.21 Å². The Bertz CT molecular complexity index is 1110. The Labute approximate surface area is 201 Å². The molecule has 0 atom stereocenters. The molecule has 0 saturated carbocycles. The van der Waals surface area contributed by atoms with Crippen molar-refractivity contribution in [2.45, 2.75) is 57.4 Å². The van der Waals surface area contributed by atoms with Crippen molar-refractivity contribution in [2.75, 3.05) is 32.0 Å². The number of thiophene rings is 1. The highest BCUT2D eigenvalue weighted by atomic mass is 32.2. The number of unbranched alkanes of at least 4 members (excludes halogenated alkanes) is 2. The summed E-state index contributed by atoms with van der Waals surface area (Å²) in [5, 5.41) is 13.1. The fraction of sp³-hybridized carbons (Fsp3) is 0.500. The summed E-state index contributed by atoms with van der Waals surface area (Å²) in [5.74, 6) is -0.351. The highest BCUT2D eigenvalue weighted by molar-refractivity contribution is 7.89. The molecular formula is C24H32N4O3S2. The number of hydrogen-bond acceptors (Lipinski definition) is 6. The van der Waals surface area contributed by atoms with E-state index >= 15 is 0 Å². The molecule has 7 nitrogen and oxygen atoms in total. The number of likely N-dealkylation sites (N-methyl/N-ethyl adjacent to an activating group) is 1. The Morgan fingerprint density at radius 2 is 1.82 bits per heavy atom. The van der Waals surface area contributed by atoms with Crippen molar-refractivity contribution in [3.8, 4) is 6.07 Å². The summed E-state index contributed by atoms with van der Waals surface area (Å²) in [6, 6.07) is 8.30. The Balaban J connectivity index is 1.77. The maximum atomic E-state index is 13.1. The number of benzene rings is 1. The fourth-order valence-electron chi connectivity index (χ4n) is 3.86. The van der Waals surface area contributed by atoms with E-state index in [0.717, 1.165) is 55.6 Å². The molecule has 0 fully saturated rings. The molecule has 9 heteroatoms. The van der Waals surface area contributed by atoms with E-state index in [2.05, 4.69) is 16.3 Å². The van der Waals surface area contributed by atoms with Crippen LogP contribution in [-0.4, -0.2) is 50.2 Å². The van der Waals surface area contributed by atoms with Crippen LogP contribution in [0.1, 0.15) is 65.9 Å². The van der Waals surface area contributed by atoms with Crippen LogP contribution < -0.4 is 5.32 Å². The number of rotatable bonds is 10. The standard InChI is InChI=1S/C24H32N4O3S2/c1-4-6-13-28(14-7-5-2)33(30,31)19-10-8-18(9-11-19)23(29)26-24-21(16-25)20-12-15-27(3)17-22(20)32-24/h8-11H,4-7,12-15,17H2,1-3H3,(H,26,29). The van der Waals surface area contributed by atoms with Crippen molar-refractivity contribution >= 4 is 32.3 Å². The van der Waals surface area contributed by atoms with Gasteiger partial charge in [0, 0.05) is 36.6 Å². The normalized spacial score (nSPS) is 14.2. The van der Waals surface area contributed by atoms with Gasteiger partial charge in [-0.25, -0.2) is 8.42 Å². The van der Waals surface area contributed by atoms with Crippen molar-refractivity contribution in [2.24, 2.45) is 0 Å². The average molecular weight is 489 g/mol. The van der Waals surface area contributed by atoms with Crippen LogP contribution in [0.25, 0.3) is 0 Å². The van der Waals surface area contributed by atoms with Gasteiger partial charge < -0.3 is 10.2 Å². The molecule has 3 rings (SSSR count). The second kappa shape index (κ2) is 11.3. The van der Waals surface area contributed by atoms with Crippen molar-refractivity contribution in [3.63, 3.8) is 0 Å². The molecule has 1 aliphatic heterocycles. The van der Waals surface area contributed by atoms with Crippen LogP contribution in [0.5, 0.6) is 0 Å². The van der Waals surface area contributed by atoms with Crippen LogP contribution in [0.4, 0.5) is 5.00 Å². The lowest BCUT2D eigenvalue weighted by atomic mass is 10.0. The predicted molar refractivity (Wildman–Crippen MR) is 132 cm³/mol. The van der Waals surface area contributed by atoms with Crippen LogP contribution in [0.15, 0.2) is 29.2 Å². The molecule has 2 heterocycles. The SMILES string of the molecule is CCCCN(CCCC)S(=O)(=O)c1ccc(C(=O)Nc2sc3c(c2C#N)CCN(C)C3)cc1. The number of anilines is 1. The highest BCUT2D eigenvalue weighted by Gasteiger charge is 2.26. The molecule has 0 unspecified atom stereocenters. The molecule has 2 aromatic rings. The lowest BCUT2D eigenvalue weighted by molar-refractivity contribution is 0.102. The van der Waals surface area contributed by atoms with Gasteiger partial charge in [-0.3, -0.25) is 4.79 Å². The molecule has 33 heavy (non-hydrogen) atoms. The van der Waals surface area contributed by atoms with Gasteiger partial charge in [0.1, 0.15) is 11.1 Å². The second-order valence-electron chi connectivity index (χ2n) is 8.40. The van der Waals surface area contributed by atoms with E-state index in [1.807, 2.05) is 20.9 Å². The van der Waals surface area contributed by atoms with Crippen LogP contribution >= 0.6 is 11.3 Å². The van der Waals surface area contributed by atoms with Gasteiger partial charge in [0.25, 0.3) is 5.91 Å². The van der Waals surface area contributed by atoms with Gasteiger partial charge in [-0.15, -0.1) is 11.3 Å². The number of nitriles is 1. The van der Waals surface area contributed by atoms with E-state index in [9.17, 15) is 18.5 Å². The summed E-state index contributed by atoms with van der Waals surface area (Å²) in [4.78, 5) is 16.3. The lowest BCUT2D eigenvalue weighted by Crippen LogP contribution is -2.33. The van der Waals surface area contributed by atoms with Gasteiger partial charge in [0.15, 0.2) is 0 Å². The molecular weight excluding hydrogens is 456 g/mol. The smallest absolute Gasteiger partial charge is 0.256 e. The zero-order chi connectivity index (χ0) is 24.0. The third kappa shape index (κ3) is 5.82.